The van der Waals surface area contributed by atoms with Gasteiger partial charge in [-0.3, -0.25) is 0 Å². The van der Waals surface area contributed by atoms with Crippen LogP contribution in [-0.4, -0.2) is 4.57 Å². The van der Waals surface area contributed by atoms with Crippen molar-refractivity contribution < 1.29 is 0 Å². The molecule has 1 heterocycles. The van der Waals surface area contributed by atoms with Gasteiger partial charge in [-0.15, -0.1) is 0 Å². The summed E-state index contributed by atoms with van der Waals surface area (Å²) in [6.45, 7) is 8.25. The summed E-state index contributed by atoms with van der Waals surface area (Å²) < 4.78 is 2.32. The second-order valence-electron chi connectivity index (χ2n) is 7.94. The third-order valence-corrected chi connectivity index (χ3v) is 5.97. The maximum Gasteiger partial charge on any atom is 0.0547 e. The number of benzene rings is 4. The summed E-state index contributed by atoms with van der Waals surface area (Å²) in [5.74, 6) is 0. The normalized spacial score (nSPS) is 12.4. The maximum atomic E-state index is 4.10. The second-order valence-corrected chi connectivity index (χ2v) is 7.94. The molecule has 0 bridgehead atoms. The highest BCUT2D eigenvalue weighted by atomic mass is 15.0. The average Bonchev–Trinajstić information content (AvgIpc) is 3.14. The highest BCUT2D eigenvalue weighted by Gasteiger charge is 2.15. The summed E-state index contributed by atoms with van der Waals surface area (Å²) in [6, 6.07) is 28.6. The van der Waals surface area contributed by atoms with Gasteiger partial charge >= 0.3 is 0 Å². The van der Waals surface area contributed by atoms with Gasteiger partial charge in [0.1, 0.15) is 0 Å². The topological polar surface area (TPSA) is 4.93 Å². The van der Waals surface area contributed by atoms with E-state index in [4.69, 9.17) is 0 Å². The lowest BCUT2D eigenvalue weighted by Crippen LogP contribution is -1.94. The highest BCUT2D eigenvalue weighted by molar-refractivity contribution is 6.22. The van der Waals surface area contributed by atoms with E-state index in [1.54, 1.807) is 0 Å². The molecule has 0 aliphatic rings. The van der Waals surface area contributed by atoms with E-state index in [2.05, 4.69) is 109 Å². The van der Waals surface area contributed by atoms with Crippen molar-refractivity contribution in [3.8, 4) is 11.1 Å². The lowest BCUT2D eigenvalue weighted by Gasteiger charge is -2.09. The number of aryl methyl sites for hydroxylation is 1. The van der Waals surface area contributed by atoms with Gasteiger partial charge in [0, 0.05) is 16.5 Å². The molecule has 0 amide bonds. The van der Waals surface area contributed by atoms with Crippen molar-refractivity contribution in [3.63, 3.8) is 0 Å². The molecule has 5 rings (SSSR count). The van der Waals surface area contributed by atoms with Gasteiger partial charge in [0.15, 0.2) is 0 Å². The Balaban J connectivity index is 1.91. The third kappa shape index (κ3) is 3.19. The summed E-state index contributed by atoms with van der Waals surface area (Å²) in [7, 11) is 0. The minimum atomic E-state index is 1.07. The number of fused-ring (bicyclic) bond motifs is 5. The zero-order chi connectivity index (χ0) is 21.4. The highest BCUT2D eigenvalue weighted by Crippen LogP contribution is 2.38. The summed E-state index contributed by atoms with van der Waals surface area (Å²) >= 11 is 0. The Kier molecular flexibility index (Phi) is 4.80. The molecule has 0 N–H and O–H groups in total. The summed E-state index contributed by atoms with van der Waals surface area (Å²) in [4.78, 5) is 0. The van der Waals surface area contributed by atoms with Gasteiger partial charge in [-0.05, 0) is 66.1 Å². The smallest absolute Gasteiger partial charge is 0.0547 e. The van der Waals surface area contributed by atoms with Gasteiger partial charge in [-0.25, -0.2) is 0 Å². The second kappa shape index (κ2) is 7.77. The molecule has 0 saturated carbocycles. The van der Waals surface area contributed by atoms with Gasteiger partial charge in [0.2, 0.25) is 0 Å². The molecule has 0 aliphatic heterocycles. The first-order valence-corrected chi connectivity index (χ1v) is 10.7. The molecule has 1 nitrogen and oxygen atoms in total. The fourth-order valence-electron chi connectivity index (χ4n) is 4.42. The van der Waals surface area contributed by atoms with Crippen molar-refractivity contribution in [3.05, 3.63) is 115 Å². The third-order valence-electron chi connectivity index (χ3n) is 5.97. The molecule has 0 radical (unpaired) electrons. The average molecular weight is 400 g/mol. The van der Waals surface area contributed by atoms with Crippen LogP contribution in [0.25, 0.3) is 49.4 Å². The summed E-state index contributed by atoms with van der Waals surface area (Å²) in [5.41, 5.74) is 7.20. The van der Waals surface area contributed by atoms with E-state index in [0.29, 0.717) is 0 Å². The lowest BCUT2D eigenvalue weighted by molar-refractivity contribution is 1.24. The van der Waals surface area contributed by atoms with Crippen LogP contribution < -0.4 is 0 Å². The Morgan fingerprint density at radius 3 is 2.32 bits per heavy atom. The SMILES string of the molecule is C=C/C(=C\C=C/C)n1c2ccc(-c3ccc(C)cc3)cc2c2c3ccccc3ccc21. The predicted molar refractivity (Wildman–Crippen MR) is 136 cm³/mol. The number of hydrogen-bond acceptors (Lipinski definition) is 0. The van der Waals surface area contributed by atoms with Gasteiger partial charge < -0.3 is 4.57 Å². The van der Waals surface area contributed by atoms with E-state index in [9.17, 15) is 0 Å². The van der Waals surface area contributed by atoms with E-state index < -0.39 is 0 Å². The van der Waals surface area contributed by atoms with Crippen LogP contribution in [0.1, 0.15) is 12.5 Å². The monoisotopic (exact) mass is 399 g/mol. The standard InChI is InChI=1S/C30H25N/c1-4-6-10-25(5-2)31-28-18-17-24(22-14-12-21(3)13-15-22)20-27(28)30-26-11-8-7-9-23(26)16-19-29(30)31/h4-20H,2H2,1,3H3/b6-4-,25-10+. The van der Waals surface area contributed by atoms with Crippen molar-refractivity contribution >= 4 is 38.3 Å². The van der Waals surface area contributed by atoms with Crippen LogP contribution in [0.4, 0.5) is 0 Å². The van der Waals surface area contributed by atoms with Crippen molar-refractivity contribution in [2.45, 2.75) is 13.8 Å². The molecule has 0 saturated heterocycles. The predicted octanol–water partition coefficient (Wildman–Crippen LogP) is 8.53. The van der Waals surface area contributed by atoms with E-state index in [-0.39, 0.29) is 0 Å². The zero-order valence-corrected chi connectivity index (χ0v) is 18.0. The first kappa shape index (κ1) is 19.1. The van der Waals surface area contributed by atoms with E-state index in [1.807, 2.05) is 19.1 Å². The maximum absolute atomic E-state index is 4.10. The Bertz CT molecular complexity index is 1490. The molecule has 150 valence electrons. The molecule has 0 spiro atoms. The van der Waals surface area contributed by atoms with Gasteiger partial charge in [0.25, 0.3) is 0 Å². The van der Waals surface area contributed by atoms with Crippen LogP contribution in [-0.2, 0) is 0 Å². The number of rotatable bonds is 4. The first-order chi connectivity index (χ1) is 15.2. The van der Waals surface area contributed by atoms with Gasteiger partial charge in [-0.2, -0.15) is 0 Å². The summed E-state index contributed by atoms with van der Waals surface area (Å²) in [5, 5.41) is 5.08. The largest absolute Gasteiger partial charge is 0.309 e. The molecule has 0 unspecified atom stereocenters. The number of nitrogens with zero attached hydrogens (tertiary/aromatic N) is 1. The van der Waals surface area contributed by atoms with Crippen molar-refractivity contribution in [2.75, 3.05) is 0 Å². The Hall–Kier alpha value is -3.84. The van der Waals surface area contributed by atoms with Crippen molar-refractivity contribution in [1.82, 2.24) is 4.57 Å². The number of aromatic nitrogens is 1. The Labute approximate surface area is 183 Å². The molecular weight excluding hydrogens is 374 g/mol. The fourth-order valence-corrected chi connectivity index (χ4v) is 4.42. The molecule has 4 aromatic carbocycles. The number of hydrogen-bond donors (Lipinski definition) is 0. The van der Waals surface area contributed by atoms with Crippen molar-refractivity contribution in [2.24, 2.45) is 0 Å². The van der Waals surface area contributed by atoms with Gasteiger partial charge in [0.05, 0.1) is 11.0 Å². The van der Waals surface area contributed by atoms with E-state index in [1.165, 1.54) is 49.3 Å². The van der Waals surface area contributed by atoms with Crippen LogP contribution in [0.15, 0.2) is 110 Å². The molecule has 1 aromatic heterocycles. The van der Waals surface area contributed by atoms with E-state index >= 15 is 0 Å². The number of allylic oxidation sites excluding steroid dienone is 5. The molecule has 31 heavy (non-hydrogen) atoms. The van der Waals surface area contributed by atoms with Crippen molar-refractivity contribution in [1.29, 1.82) is 0 Å². The molecule has 0 aliphatic carbocycles. The fraction of sp³-hybridized carbons (Fsp3) is 0.0667. The summed E-state index contributed by atoms with van der Waals surface area (Å²) in [6.07, 6.45) is 8.16. The Morgan fingerprint density at radius 1 is 0.806 bits per heavy atom. The Morgan fingerprint density at radius 2 is 1.55 bits per heavy atom. The van der Waals surface area contributed by atoms with Crippen LogP contribution in [0.2, 0.25) is 0 Å². The molecule has 1 heteroatoms. The first-order valence-electron chi connectivity index (χ1n) is 10.7. The van der Waals surface area contributed by atoms with E-state index in [0.717, 1.165) is 5.70 Å². The quantitative estimate of drug-likeness (QED) is 0.267. The zero-order valence-electron chi connectivity index (χ0n) is 18.0. The van der Waals surface area contributed by atoms with Crippen LogP contribution in [0.3, 0.4) is 0 Å². The lowest BCUT2D eigenvalue weighted by atomic mass is 9.99. The molecule has 5 aromatic rings. The molecule has 0 atom stereocenters. The van der Waals surface area contributed by atoms with Crippen LogP contribution in [0, 0.1) is 6.92 Å². The minimum Gasteiger partial charge on any atom is -0.309 e. The van der Waals surface area contributed by atoms with Crippen LogP contribution >= 0.6 is 0 Å². The molecule has 0 fully saturated rings. The van der Waals surface area contributed by atoms with Gasteiger partial charge in [-0.1, -0.05) is 85.0 Å². The molecular formula is C30H25N. The minimum absolute atomic E-state index is 1.07. The van der Waals surface area contributed by atoms with Crippen LogP contribution in [0.5, 0.6) is 0 Å².